The topological polar surface area (TPSA) is 45.2 Å². The van der Waals surface area contributed by atoms with Crippen molar-refractivity contribution in [2.24, 2.45) is 0 Å². The first-order chi connectivity index (χ1) is 10.2. The zero-order chi connectivity index (χ0) is 14.7. The molecule has 1 aromatic carbocycles. The molecule has 108 valence electrons. The number of carbonyl (C=O) groups excluding carboxylic acids is 1. The summed E-state index contributed by atoms with van der Waals surface area (Å²) in [6.45, 7) is 2.13. The lowest BCUT2D eigenvalue weighted by atomic mass is 10.2. The number of rotatable bonds is 3. The molecule has 0 spiro atoms. The third-order valence-corrected chi connectivity index (χ3v) is 4.25. The van der Waals surface area contributed by atoms with Crippen molar-refractivity contribution in [3.8, 4) is 0 Å². The van der Waals surface area contributed by atoms with E-state index in [9.17, 15) is 4.79 Å². The van der Waals surface area contributed by atoms with Crippen LogP contribution >= 0.6 is 15.9 Å². The molecule has 2 heterocycles. The summed E-state index contributed by atoms with van der Waals surface area (Å²) in [7, 11) is 0. The third kappa shape index (κ3) is 3.24. The summed E-state index contributed by atoms with van der Waals surface area (Å²) in [6.07, 6.45) is 4.16. The molecule has 0 atom stereocenters. The van der Waals surface area contributed by atoms with Gasteiger partial charge in [0, 0.05) is 17.6 Å². The maximum absolute atomic E-state index is 12.2. The molecule has 1 aliphatic heterocycles. The Hall–Kier alpha value is -1.88. The summed E-state index contributed by atoms with van der Waals surface area (Å²) in [6, 6.07) is 11.2. The molecule has 1 aliphatic rings. The molecule has 4 nitrogen and oxygen atoms in total. The predicted octanol–water partition coefficient (Wildman–Crippen LogP) is 3.70. The minimum atomic E-state index is -0.141. The first-order valence-electron chi connectivity index (χ1n) is 7.01. The quantitative estimate of drug-likeness (QED) is 0.922. The average Bonchev–Trinajstić information content (AvgIpc) is 3.02. The first-order valence-corrected chi connectivity index (χ1v) is 7.80. The van der Waals surface area contributed by atoms with E-state index >= 15 is 0 Å². The molecule has 0 aliphatic carbocycles. The largest absolute Gasteiger partial charge is 0.357 e. The van der Waals surface area contributed by atoms with Gasteiger partial charge in [-0.25, -0.2) is 4.98 Å². The Labute approximate surface area is 132 Å². The second-order valence-electron chi connectivity index (χ2n) is 5.03. The molecule has 0 saturated carbocycles. The molecule has 0 radical (unpaired) electrons. The van der Waals surface area contributed by atoms with E-state index in [-0.39, 0.29) is 5.91 Å². The SMILES string of the molecule is O=C(Nc1ccc(N2CCCC2)nc1)c1ccccc1Br. The maximum atomic E-state index is 12.2. The van der Waals surface area contributed by atoms with Gasteiger partial charge in [0.05, 0.1) is 17.4 Å². The van der Waals surface area contributed by atoms with Crippen LogP contribution in [0.5, 0.6) is 0 Å². The number of anilines is 2. The van der Waals surface area contributed by atoms with E-state index < -0.39 is 0 Å². The average molecular weight is 346 g/mol. The molecule has 1 saturated heterocycles. The van der Waals surface area contributed by atoms with Gasteiger partial charge in [-0.1, -0.05) is 12.1 Å². The molecular weight excluding hydrogens is 330 g/mol. The van der Waals surface area contributed by atoms with Gasteiger partial charge in [0.25, 0.3) is 5.91 Å². The van der Waals surface area contributed by atoms with Gasteiger partial charge in [-0.2, -0.15) is 0 Å². The summed E-state index contributed by atoms with van der Waals surface area (Å²) < 4.78 is 0.782. The van der Waals surface area contributed by atoms with Crippen molar-refractivity contribution in [3.63, 3.8) is 0 Å². The van der Waals surface area contributed by atoms with E-state index in [1.165, 1.54) is 12.8 Å². The van der Waals surface area contributed by atoms with Gasteiger partial charge in [0.15, 0.2) is 0 Å². The second-order valence-corrected chi connectivity index (χ2v) is 5.89. The Morgan fingerprint density at radius 2 is 1.90 bits per heavy atom. The Morgan fingerprint density at radius 1 is 1.14 bits per heavy atom. The van der Waals surface area contributed by atoms with Crippen molar-refractivity contribution < 1.29 is 4.79 Å². The van der Waals surface area contributed by atoms with E-state index in [2.05, 4.69) is 31.1 Å². The molecule has 0 bridgehead atoms. The van der Waals surface area contributed by atoms with Gasteiger partial charge >= 0.3 is 0 Å². The van der Waals surface area contributed by atoms with Crippen LogP contribution in [0, 0.1) is 0 Å². The Bertz CT molecular complexity index is 636. The highest BCUT2D eigenvalue weighted by Gasteiger charge is 2.14. The fourth-order valence-corrected chi connectivity index (χ4v) is 2.90. The van der Waals surface area contributed by atoms with Crippen LogP contribution in [-0.4, -0.2) is 24.0 Å². The van der Waals surface area contributed by atoms with E-state index in [0.717, 1.165) is 23.4 Å². The van der Waals surface area contributed by atoms with Gasteiger partial charge in [0.1, 0.15) is 5.82 Å². The number of carbonyl (C=O) groups is 1. The second kappa shape index (κ2) is 6.26. The van der Waals surface area contributed by atoms with Crippen LogP contribution in [0.1, 0.15) is 23.2 Å². The number of nitrogens with zero attached hydrogens (tertiary/aromatic N) is 2. The van der Waals surface area contributed by atoms with Crippen molar-refractivity contribution in [2.45, 2.75) is 12.8 Å². The zero-order valence-corrected chi connectivity index (χ0v) is 13.1. The molecule has 1 amide bonds. The Balaban J connectivity index is 1.70. The van der Waals surface area contributed by atoms with E-state index in [0.29, 0.717) is 11.3 Å². The normalized spacial score (nSPS) is 14.2. The van der Waals surface area contributed by atoms with Gasteiger partial charge in [-0.3, -0.25) is 4.79 Å². The fourth-order valence-electron chi connectivity index (χ4n) is 2.44. The van der Waals surface area contributed by atoms with Crippen LogP contribution < -0.4 is 10.2 Å². The van der Waals surface area contributed by atoms with Gasteiger partial charge < -0.3 is 10.2 Å². The smallest absolute Gasteiger partial charge is 0.256 e. The summed E-state index contributed by atoms with van der Waals surface area (Å²) >= 11 is 3.38. The van der Waals surface area contributed by atoms with Crippen molar-refractivity contribution in [1.29, 1.82) is 0 Å². The Kier molecular flexibility index (Phi) is 4.20. The summed E-state index contributed by atoms with van der Waals surface area (Å²) in [4.78, 5) is 18.9. The predicted molar refractivity (Wildman–Crippen MR) is 87.8 cm³/mol. The molecule has 2 aromatic rings. The highest BCUT2D eigenvalue weighted by molar-refractivity contribution is 9.10. The van der Waals surface area contributed by atoms with Crippen LogP contribution in [0.3, 0.4) is 0 Å². The monoisotopic (exact) mass is 345 g/mol. The van der Waals surface area contributed by atoms with Crippen molar-refractivity contribution in [2.75, 3.05) is 23.3 Å². The molecule has 5 heteroatoms. The number of halogens is 1. The maximum Gasteiger partial charge on any atom is 0.256 e. The van der Waals surface area contributed by atoms with E-state index in [1.807, 2.05) is 30.3 Å². The summed E-state index contributed by atoms with van der Waals surface area (Å²) in [5.41, 5.74) is 1.32. The Morgan fingerprint density at radius 3 is 2.57 bits per heavy atom. The molecule has 1 aromatic heterocycles. The number of hydrogen-bond donors (Lipinski definition) is 1. The van der Waals surface area contributed by atoms with Crippen LogP contribution in [0.2, 0.25) is 0 Å². The molecule has 0 unspecified atom stereocenters. The van der Waals surface area contributed by atoms with Crippen molar-refractivity contribution in [3.05, 3.63) is 52.6 Å². The molecule has 3 rings (SSSR count). The van der Waals surface area contributed by atoms with Gasteiger partial charge in [0.2, 0.25) is 0 Å². The lowest BCUT2D eigenvalue weighted by Crippen LogP contribution is -2.19. The number of benzene rings is 1. The zero-order valence-electron chi connectivity index (χ0n) is 11.6. The summed E-state index contributed by atoms with van der Waals surface area (Å²) in [5, 5.41) is 2.87. The number of nitrogens with one attached hydrogen (secondary N) is 1. The van der Waals surface area contributed by atoms with Gasteiger partial charge in [-0.05, 0) is 53.0 Å². The van der Waals surface area contributed by atoms with Crippen molar-refractivity contribution in [1.82, 2.24) is 4.98 Å². The van der Waals surface area contributed by atoms with Crippen LogP contribution in [0.25, 0.3) is 0 Å². The first kappa shape index (κ1) is 14.1. The van der Waals surface area contributed by atoms with Gasteiger partial charge in [-0.15, -0.1) is 0 Å². The number of aromatic nitrogens is 1. The molecule has 1 fully saturated rings. The number of hydrogen-bond acceptors (Lipinski definition) is 3. The van der Waals surface area contributed by atoms with Crippen molar-refractivity contribution >= 4 is 33.3 Å². The molecular formula is C16H16BrN3O. The minimum Gasteiger partial charge on any atom is -0.357 e. The van der Waals surface area contributed by atoms with Crippen LogP contribution in [0.4, 0.5) is 11.5 Å². The van der Waals surface area contributed by atoms with E-state index in [4.69, 9.17) is 0 Å². The third-order valence-electron chi connectivity index (χ3n) is 3.55. The lowest BCUT2D eigenvalue weighted by Gasteiger charge is -2.16. The summed E-state index contributed by atoms with van der Waals surface area (Å²) in [5.74, 6) is 0.838. The number of amides is 1. The molecule has 1 N–H and O–H groups in total. The highest BCUT2D eigenvalue weighted by Crippen LogP contribution is 2.21. The van der Waals surface area contributed by atoms with Crippen LogP contribution in [-0.2, 0) is 0 Å². The standard InChI is InChI=1S/C16H16BrN3O/c17-14-6-2-1-5-13(14)16(21)19-12-7-8-15(18-11-12)20-9-3-4-10-20/h1-2,5-8,11H,3-4,9-10H2,(H,19,21). The fraction of sp³-hybridized carbons (Fsp3) is 0.250. The lowest BCUT2D eigenvalue weighted by molar-refractivity contribution is 0.102. The van der Waals surface area contributed by atoms with E-state index in [1.54, 1.807) is 12.3 Å². The minimum absolute atomic E-state index is 0.141. The molecule has 21 heavy (non-hydrogen) atoms. The number of pyridine rings is 1. The van der Waals surface area contributed by atoms with Crippen LogP contribution in [0.15, 0.2) is 47.1 Å². The highest BCUT2D eigenvalue weighted by atomic mass is 79.9.